The lowest BCUT2D eigenvalue weighted by atomic mass is 10.1. The van der Waals surface area contributed by atoms with Gasteiger partial charge >= 0.3 is 0 Å². The lowest BCUT2D eigenvalue weighted by Crippen LogP contribution is -2.41. The number of hydrogen-bond donors (Lipinski definition) is 2. The van der Waals surface area contributed by atoms with Crippen LogP contribution in [-0.4, -0.2) is 11.8 Å². The molecule has 0 radical (unpaired) electrons. The molecule has 2 amide bonds. The molecule has 1 aliphatic rings. The van der Waals surface area contributed by atoms with Gasteiger partial charge in [-0.15, -0.1) is 22.7 Å². The minimum Gasteiger partial charge on any atom is -0.267 e. The molecule has 122 valence electrons. The van der Waals surface area contributed by atoms with E-state index in [1.807, 2.05) is 26.0 Å². The van der Waals surface area contributed by atoms with E-state index in [0.29, 0.717) is 10.4 Å². The van der Waals surface area contributed by atoms with E-state index in [1.54, 1.807) is 22.7 Å². The Hall–Kier alpha value is -1.66. The molecule has 0 bridgehead atoms. The molecule has 4 nitrogen and oxygen atoms in total. The smallest absolute Gasteiger partial charge is 0.267 e. The first kappa shape index (κ1) is 16.2. The van der Waals surface area contributed by atoms with Gasteiger partial charge in [0.05, 0.1) is 10.4 Å². The van der Waals surface area contributed by atoms with Gasteiger partial charge in [-0.05, 0) is 57.2 Å². The van der Waals surface area contributed by atoms with Crippen LogP contribution in [0.2, 0.25) is 0 Å². The topological polar surface area (TPSA) is 58.2 Å². The number of hydrazine groups is 1. The third-order valence-corrected chi connectivity index (χ3v) is 6.25. The lowest BCUT2D eigenvalue weighted by Gasteiger charge is -2.05. The molecule has 2 N–H and O–H groups in total. The van der Waals surface area contributed by atoms with Gasteiger partial charge in [0.15, 0.2) is 0 Å². The molecule has 2 aromatic rings. The molecule has 23 heavy (non-hydrogen) atoms. The van der Waals surface area contributed by atoms with Gasteiger partial charge in [-0.3, -0.25) is 20.4 Å². The van der Waals surface area contributed by atoms with E-state index in [0.717, 1.165) is 22.6 Å². The number of fused-ring (bicyclic) bond motifs is 1. The highest BCUT2D eigenvalue weighted by atomic mass is 32.1. The Bertz CT molecular complexity index is 722. The highest BCUT2D eigenvalue weighted by Crippen LogP contribution is 2.28. The molecule has 1 aliphatic carbocycles. The minimum absolute atomic E-state index is 0.235. The SMILES string of the molecule is Cc1cc(C(=O)NNC(=O)c2cc3c(s2)CCCCC3)c(C)s1. The van der Waals surface area contributed by atoms with E-state index in [1.165, 1.54) is 29.7 Å². The number of aryl methyl sites for hydroxylation is 4. The van der Waals surface area contributed by atoms with Gasteiger partial charge in [0.25, 0.3) is 11.8 Å². The van der Waals surface area contributed by atoms with Crippen LogP contribution in [0.25, 0.3) is 0 Å². The van der Waals surface area contributed by atoms with E-state index < -0.39 is 0 Å². The molecule has 3 rings (SSSR count). The Morgan fingerprint density at radius 1 is 0.957 bits per heavy atom. The van der Waals surface area contributed by atoms with Crippen LogP contribution in [0.5, 0.6) is 0 Å². The Labute approximate surface area is 143 Å². The number of thiophene rings is 2. The van der Waals surface area contributed by atoms with Gasteiger partial charge in [-0.25, -0.2) is 0 Å². The zero-order chi connectivity index (χ0) is 16.4. The zero-order valence-electron chi connectivity index (χ0n) is 13.3. The molecule has 0 spiro atoms. The van der Waals surface area contributed by atoms with Gasteiger partial charge in [0.2, 0.25) is 0 Å². The van der Waals surface area contributed by atoms with Crippen LogP contribution in [0, 0.1) is 13.8 Å². The average molecular weight is 348 g/mol. The monoisotopic (exact) mass is 348 g/mol. The molecule has 0 fully saturated rings. The van der Waals surface area contributed by atoms with Crippen molar-refractivity contribution in [2.45, 2.75) is 46.0 Å². The van der Waals surface area contributed by atoms with Gasteiger partial charge in [0.1, 0.15) is 0 Å². The minimum atomic E-state index is -0.265. The van der Waals surface area contributed by atoms with E-state index in [4.69, 9.17) is 0 Å². The fraction of sp³-hybridized carbons (Fsp3) is 0.412. The van der Waals surface area contributed by atoms with Crippen molar-refractivity contribution in [3.63, 3.8) is 0 Å². The van der Waals surface area contributed by atoms with Crippen LogP contribution in [0.15, 0.2) is 12.1 Å². The second kappa shape index (κ2) is 6.84. The second-order valence-electron chi connectivity index (χ2n) is 5.85. The normalized spacial score (nSPS) is 14.0. The summed E-state index contributed by atoms with van der Waals surface area (Å²) in [7, 11) is 0. The summed E-state index contributed by atoms with van der Waals surface area (Å²) in [4.78, 5) is 28.4. The standard InChI is InChI=1S/C17H20N2O2S2/c1-10-8-13(11(2)22-10)16(20)18-19-17(21)15-9-12-6-4-3-5-7-14(12)23-15/h8-9H,3-7H2,1-2H3,(H,18,20)(H,19,21). The molecule has 2 heterocycles. The molecule has 0 aliphatic heterocycles. The van der Waals surface area contributed by atoms with E-state index >= 15 is 0 Å². The Kier molecular flexibility index (Phi) is 4.82. The summed E-state index contributed by atoms with van der Waals surface area (Å²) in [6, 6.07) is 3.82. The molecular formula is C17H20N2O2S2. The highest BCUT2D eigenvalue weighted by molar-refractivity contribution is 7.14. The Morgan fingerprint density at radius 2 is 1.70 bits per heavy atom. The summed E-state index contributed by atoms with van der Waals surface area (Å²) in [6.07, 6.45) is 5.77. The van der Waals surface area contributed by atoms with Crippen LogP contribution in [-0.2, 0) is 12.8 Å². The van der Waals surface area contributed by atoms with Crippen molar-refractivity contribution in [3.05, 3.63) is 42.8 Å². The van der Waals surface area contributed by atoms with Crippen LogP contribution >= 0.6 is 22.7 Å². The molecule has 0 unspecified atom stereocenters. The molecule has 0 saturated carbocycles. The molecule has 6 heteroatoms. The third kappa shape index (κ3) is 3.64. The fourth-order valence-corrected chi connectivity index (χ4v) is 4.95. The van der Waals surface area contributed by atoms with Crippen molar-refractivity contribution in [1.82, 2.24) is 10.9 Å². The number of carbonyl (C=O) groups is 2. The zero-order valence-corrected chi connectivity index (χ0v) is 15.0. The number of hydrogen-bond acceptors (Lipinski definition) is 4. The fourth-order valence-electron chi connectivity index (χ4n) is 2.88. The number of nitrogens with one attached hydrogen (secondary N) is 2. The molecule has 0 aromatic carbocycles. The number of carbonyl (C=O) groups excluding carboxylic acids is 2. The molecule has 0 atom stereocenters. The summed E-state index contributed by atoms with van der Waals surface area (Å²) >= 11 is 3.13. The molecule has 0 saturated heterocycles. The number of rotatable bonds is 2. The van der Waals surface area contributed by atoms with Crippen molar-refractivity contribution in [1.29, 1.82) is 0 Å². The summed E-state index contributed by atoms with van der Waals surface area (Å²) in [5, 5.41) is 0. The Morgan fingerprint density at radius 3 is 2.43 bits per heavy atom. The van der Waals surface area contributed by atoms with Crippen LogP contribution in [0.3, 0.4) is 0 Å². The summed E-state index contributed by atoms with van der Waals surface area (Å²) in [5.74, 6) is -0.501. The van der Waals surface area contributed by atoms with Crippen LogP contribution < -0.4 is 10.9 Å². The average Bonchev–Trinajstić information content (AvgIpc) is 3.00. The quantitative estimate of drug-likeness (QED) is 0.641. The predicted molar refractivity (Wildman–Crippen MR) is 94.3 cm³/mol. The molecular weight excluding hydrogens is 328 g/mol. The summed E-state index contributed by atoms with van der Waals surface area (Å²) in [5.41, 5.74) is 6.97. The predicted octanol–water partition coefficient (Wildman–Crippen LogP) is 3.77. The Balaban J connectivity index is 1.63. The largest absolute Gasteiger partial charge is 0.279 e. The van der Waals surface area contributed by atoms with E-state index in [9.17, 15) is 9.59 Å². The maximum absolute atomic E-state index is 12.3. The van der Waals surface area contributed by atoms with Crippen LogP contribution in [0.1, 0.15) is 59.5 Å². The second-order valence-corrected chi connectivity index (χ2v) is 8.45. The maximum Gasteiger partial charge on any atom is 0.279 e. The maximum atomic E-state index is 12.3. The van der Waals surface area contributed by atoms with Crippen molar-refractivity contribution in [2.75, 3.05) is 0 Å². The first-order valence-corrected chi connectivity index (χ1v) is 9.47. The van der Waals surface area contributed by atoms with Crippen LogP contribution in [0.4, 0.5) is 0 Å². The molecule has 2 aromatic heterocycles. The summed E-state index contributed by atoms with van der Waals surface area (Å²) in [6.45, 7) is 3.87. The first-order chi connectivity index (χ1) is 11.0. The van der Waals surface area contributed by atoms with Gasteiger partial charge in [-0.2, -0.15) is 0 Å². The highest BCUT2D eigenvalue weighted by Gasteiger charge is 2.18. The number of amides is 2. The van der Waals surface area contributed by atoms with Gasteiger partial charge in [-0.1, -0.05) is 6.42 Å². The van der Waals surface area contributed by atoms with Crippen molar-refractivity contribution >= 4 is 34.5 Å². The van der Waals surface area contributed by atoms with Crippen molar-refractivity contribution < 1.29 is 9.59 Å². The van der Waals surface area contributed by atoms with Gasteiger partial charge in [0, 0.05) is 14.6 Å². The van der Waals surface area contributed by atoms with E-state index in [2.05, 4.69) is 10.9 Å². The summed E-state index contributed by atoms with van der Waals surface area (Å²) < 4.78 is 0. The van der Waals surface area contributed by atoms with Crippen molar-refractivity contribution in [3.8, 4) is 0 Å². The van der Waals surface area contributed by atoms with Crippen molar-refractivity contribution in [2.24, 2.45) is 0 Å². The van der Waals surface area contributed by atoms with E-state index in [-0.39, 0.29) is 11.8 Å². The third-order valence-electron chi connectivity index (χ3n) is 4.05. The lowest BCUT2D eigenvalue weighted by molar-refractivity contribution is 0.0849. The first-order valence-electron chi connectivity index (χ1n) is 7.84. The van der Waals surface area contributed by atoms with Gasteiger partial charge < -0.3 is 0 Å².